The molecule has 0 amide bonds. The van der Waals surface area contributed by atoms with Crippen LogP contribution in [-0.2, 0) is 4.79 Å². The number of aromatic nitrogens is 2. The zero-order chi connectivity index (χ0) is 20.2. The van der Waals surface area contributed by atoms with E-state index in [4.69, 9.17) is 27.2 Å². The number of carboxylic acids is 1. The Bertz CT molecular complexity index is 980. The van der Waals surface area contributed by atoms with Crippen LogP contribution in [0.25, 0.3) is 22.0 Å². The second-order valence-electron chi connectivity index (χ2n) is 5.20. The molecule has 0 radical (unpaired) electrons. The Kier molecular flexibility index (Phi) is 6.06. The molecule has 4 N–H and O–H groups in total. The van der Waals surface area contributed by atoms with Crippen molar-refractivity contribution < 1.29 is 23.1 Å². The molecule has 0 fully saturated rings. The van der Waals surface area contributed by atoms with E-state index in [1.54, 1.807) is 0 Å². The van der Waals surface area contributed by atoms with Gasteiger partial charge in [0.15, 0.2) is 0 Å². The van der Waals surface area contributed by atoms with Crippen LogP contribution < -0.4 is 11.1 Å². The fraction of sp³-hybridized carbons (Fsp3) is 0.118. The number of aliphatic carboxylic acids is 1. The summed E-state index contributed by atoms with van der Waals surface area (Å²) in [4.78, 5) is 17.3. The van der Waals surface area contributed by atoms with Crippen LogP contribution in [0, 0.1) is 0 Å². The second-order valence-corrected chi connectivity index (χ2v) is 5.60. The minimum atomic E-state index is -5.08. The topological polar surface area (TPSA) is 101 Å². The summed E-state index contributed by atoms with van der Waals surface area (Å²) in [5.74, 6) is -1.79. The maximum absolute atomic E-state index is 10.6. The summed E-state index contributed by atoms with van der Waals surface area (Å²) in [7, 11) is 1.81. The van der Waals surface area contributed by atoms with Gasteiger partial charge in [-0.1, -0.05) is 35.9 Å². The van der Waals surface area contributed by atoms with E-state index in [2.05, 4.69) is 15.3 Å². The molecule has 0 unspecified atom stereocenters. The molecule has 1 heterocycles. The zero-order valence-corrected chi connectivity index (χ0v) is 14.6. The van der Waals surface area contributed by atoms with Crippen LogP contribution >= 0.6 is 11.6 Å². The number of carboxylic acid groups (broad SMARTS) is 1. The van der Waals surface area contributed by atoms with Gasteiger partial charge in [0.1, 0.15) is 5.82 Å². The molecule has 27 heavy (non-hydrogen) atoms. The first kappa shape index (κ1) is 20.2. The van der Waals surface area contributed by atoms with Gasteiger partial charge in [0.2, 0.25) is 5.95 Å². The highest BCUT2D eigenvalue weighted by Gasteiger charge is 2.38. The molecule has 2 aromatic carbocycles. The Hall–Kier alpha value is -3.07. The lowest BCUT2D eigenvalue weighted by atomic mass is 10.0. The van der Waals surface area contributed by atoms with Gasteiger partial charge in [0.05, 0.1) is 5.52 Å². The molecule has 0 spiro atoms. The first-order chi connectivity index (χ1) is 12.6. The van der Waals surface area contributed by atoms with Crippen molar-refractivity contribution in [1.29, 1.82) is 0 Å². The van der Waals surface area contributed by atoms with Crippen molar-refractivity contribution >= 4 is 40.2 Å². The third-order valence-corrected chi connectivity index (χ3v) is 3.71. The molecule has 3 rings (SSSR count). The van der Waals surface area contributed by atoms with Crippen LogP contribution in [0.2, 0.25) is 5.02 Å². The van der Waals surface area contributed by atoms with Crippen molar-refractivity contribution in [3.05, 3.63) is 47.5 Å². The Morgan fingerprint density at radius 1 is 1.19 bits per heavy atom. The number of benzene rings is 2. The first-order valence-corrected chi connectivity index (χ1v) is 7.81. The van der Waals surface area contributed by atoms with Crippen LogP contribution in [0.1, 0.15) is 0 Å². The third-order valence-electron chi connectivity index (χ3n) is 3.38. The molecule has 10 heteroatoms. The highest BCUT2D eigenvalue weighted by Crippen LogP contribution is 2.31. The Balaban J connectivity index is 0.000000321. The number of fused-ring (bicyclic) bond motifs is 1. The summed E-state index contributed by atoms with van der Waals surface area (Å²) in [5, 5.41) is 11.8. The van der Waals surface area contributed by atoms with Crippen LogP contribution in [0.15, 0.2) is 42.5 Å². The van der Waals surface area contributed by atoms with Crippen molar-refractivity contribution in [3.63, 3.8) is 0 Å². The number of carbonyl (C=O) groups is 1. The molecule has 0 saturated carbocycles. The molecular formula is C17H14ClF3N4O2. The lowest BCUT2D eigenvalue weighted by molar-refractivity contribution is -0.192. The fourth-order valence-electron chi connectivity index (χ4n) is 2.20. The van der Waals surface area contributed by atoms with E-state index >= 15 is 0 Å². The average molecular weight is 399 g/mol. The van der Waals surface area contributed by atoms with Gasteiger partial charge in [-0.2, -0.15) is 18.2 Å². The van der Waals surface area contributed by atoms with Gasteiger partial charge in [0, 0.05) is 23.0 Å². The predicted molar refractivity (Wildman–Crippen MR) is 97.6 cm³/mol. The number of anilines is 2. The lowest BCUT2D eigenvalue weighted by Crippen LogP contribution is -2.21. The van der Waals surface area contributed by atoms with E-state index in [-0.39, 0.29) is 5.95 Å². The minimum Gasteiger partial charge on any atom is -0.475 e. The Morgan fingerprint density at radius 3 is 2.37 bits per heavy atom. The summed E-state index contributed by atoms with van der Waals surface area (Å²) in [6.45, 7) is 0. The predicted octanol–water partition coefficient (Wildman–Crippen LogP) is 4.21. The highest BCUT2D eigenvalue weighted by molar-refractivity contribution is 6.33. The Labute approximate surface area is 156 Å². The van der Waals surface area contributed by atoms with Crippen LogP contribution in [0.5, 0.6) is 0 Å². The number of nitrogens with zero attached hydrogens (tertiary/aromatic N) is 2. The van der Waals surface area contributed by atoms with Crippen molar-refractivity contribution in [1.82, 2.24) is 9.97 Å². The molecule has 0 saturated heterocycles. The highest BCUT2D eigenvalue weighted by atomic mass is 35.5. The second kappa shape index (κ2) is 8.09. The molecule has 0 aliphatic carbocycles. The quantitative estimate of drug-likeness (QED) is 0.598. The standard InChI is InChI=1S/C15H13ClN4.C2HF3O2/c1-18-14-11-7-6-9(8-13(11)19-15(17)20-14)10-4-2-3-5-12(10)16;3-2(4,5)1(6)7/h2-8H,1H3,(H3,17,18,19,20);(H,6,7). The maximum atomic E-state index is 10.6. The lowest BCUT2D eigenvalue weighted by Gasteiger charge is -2.09. The number of hydrogen-bond donors (Lipinski definition) is 3. The molecule has 1 aromatic heterocycles. The molecule has 142 valence electrons. The largest absolute Gasteiger partial charge is 0.490 e. The monoisotopic (exact) mass is 398 g/mol. The van der Waals surface area contributed by atoms with Gasteiger partial charge in [0.25, 0.3) is 0 Å². The van der Waals surface area contributed by atoms with E-state index < -0.39 is 12.1 Å². The molecule has 0 aliphatic rings. The molecule has 6 nitrogen and oxygen atoms in total. The molecule has 3 aromatic rings. The maximum Gasteiger partial charge on any atom is 0.490 e. The first-order valence-electron chi connectivity index (χ1n) is 7.43. The van der Waals surface area contributed by atoms with Gasteiger partial charge < -0.3 is 16.2 Å². The number of rotatable bonds is 2. The van der Waals surface area contributed by atoms with Gasteiger partial charge in [-0.05, 0) is 23.8 Å². The van der Waals surface area contributed by atoms with E-state index in [9.17, 15) is 13.2 Å². The molecule has 0 atom stereocenters. The SMILES string of the molecule is CNc1nc(N)nc2cc(-c3ccccc3Cl)ccc12.O=C(O)C(F)(F)F. The van der Waals surface area contributed by atoms with Gasteiger partial charge >= 0.3 is 12.1 Å². The number of hydrogen-bond acceptors (Lipinski definition) is 5. The van der Waals surface area contributed by atoms with Crippen LogP contribution in [-0.4, -0.2) is 34.3 Å². The molecular weight excluding hydrogens is 385 g/mol. The summed E-state index contributed by atoms with van der Waals surface area (Å²) in [6.07, 6.45) is -5.08. The smallest absolute Gasteiger partial charge is 0.475 e. The van der Waals surface area contributed by atoms with E-state index in [0.717, 1.165) is 27.8 Å². The zero-order valence-electron chi connectivity index (χ0n) is 13.9. The summed E-state index contributed by atoms with van der Waals surface area (Å²) >= 11 is 6.23. The number of nitrogens with one attached hydrogen (secondary N) is 1. The van der Waals surface area contributed by atoms with Gasteiger partial charge in [-0.15, -0.1) is 0 Å². The summed E-state index contributed by atoms with van der Waals surface area (Å²) < 4.78 is 31.7. The van der Waals surface area contributed by atoms with E-state index in [1.807, 2.05) is 49.5 Å². The van der Waals surface area contributed by atoms with Crippen molar-refractivity contribution in [2.24, 2.45) is 0 Å². The number of nitrogen functional groups attached to an aromatic ring is 1. The van der Waals surface area contributed by atoms with Crippen molar-refractivity contribution in [2.45, 2.75) is 6.18 Å². The normalized spacial score (nSPS) is 10.9. The van der Waals surface area contributed by atoms with Crippen molar-refractivity contribution in [2.75, 3.05) is 18.1 Å². The summed E-state index contributed by atoms with van der Waals surface area (Å²) in [5.41, 5.74) is 8.50. The van der Waals surface area contributed by atoms with Gasteiger partial charge in [-0.3, -0.25) is 0 Å². The third kappa shape index (κ3) is 4.98. The minimum absolute atomic E-state index is 0.248. The van der Waals surface area contributed by atoms with Crippen LogP contribution in [0.3, 0.4) is 0 Å². The molecule has 0 aliphatic heterocycles. The number of alkyl halides is 3. The van der Waals surface area contributed by atoms with Crippen LogP contribution in [0.4, 0.5) is 24.9 Å². The molecule has 0 bridgehead atoms. The fourth-order valence-corrected chi connectivity index (χ4v) is 2.45. The number of halogens is 4. The number of nitrogens with two attached hydrogens (primary N) is 1. The summed E-state index contributed by atoms with van der Waals surface area (Å²) in [6, 6.07) is 13.7. The average Bonchev–Trinajstić information content (AvgIpc) is 2.60. The van der Waals surface area contributed by atoms with Crippen molar-refractivity contribution in [3.8, 4) is 11.1 Å². The Morgan fingerprint density at radius 2 is 1.81 bits per heavy atom. The van der Waals surface area contributed by atoms with E-state index in [1.165, 1.54) is 0 Å². The van der Waals surface area contributed by atoms with Gasteiger partial charge in [-0.25, -0.2) is 9.78 Å². The van der Waals surface area contributed by atoms with E-state index in [0.29, 0.717) is 5.02 Å².